The third kappa shape index (κ3) is 7.03. The molecule has 3 N–H and O–H groups in total. The van der Waals surface area contributed by atoms with E-state index >= 15 is 0 Å². The Labute approximate surface area is 263 Å². The predicted octanol–water partition coefficient (Wildman–Crippen LogP) is 4.14. The van der Waals surface area contributed by atoms with E-state index in [0.717, 1.165) is 19.6 Å². The van der Waals surface area contributed by atoms with E-state index in [-0.39, 0.29) is 0 Å². The van der Waals surface area contributed by atoms with Crippen molar-refractivity contribution in [1.82, 2.24) is 0 Å². The zero-order valence-electron chi connectivity index (χ0n) is 25.1. The molecule has 0 saturated carbocycles. The summed E-state index contributed by atoms with van der Waals surface area (Å²) >= 11 is 0. The SMILES string of the molecule is c1cc(-c2cc[n+](Cc3cc(C[n+]4ccc(-c5cc[nH+]cc5)cc4)cc(C[n+]4ccc(-c5cc[nH+]cc5)cc4)c3)cc2)cc[nH+]1. The Balaban J connectivity index is 1.15. The van der Waals surface area contributed by atoms with Crippen LogP contribution in [0.2, 0.25) is 0 Å². The van der Waals surface area contributed by atoms with E-state index in [0.29, 0.717) is 0 Å². The van der Waals surface area contributed by atoms with E-state index in [2.05, 4.69) is 157 Å². The van der Waals surface area contributed by atoms with Crippen molar-refractivity contribution in [2.24, 2.45) is 0 Å². The lowest BCUT2D eigenvalue weighted by atomic mass is 10.0. The van der Waals surface area contributed by atoms with Crippen LogP contribution in [-0.2, 0) is 19.6 Å². The second-order valence-corrected chi connectivity index (χ2v) is 11.3. The van der Waals surface area contributed by atoms with Crippen LogP contribution in [0.4, 0.5) is 0 Å². The van der Waals surface area contributed by atoms with Crippen molar-refractivity contribution in [3.63, 3.8) is 0 Å². The lowest BCUT2D eigenvalue weighted by molar-refractivity contribution is -0.690. The second kappa shape index (κ2) is 13.2. The minimum Gasteiger partial charge on any atom is -0.218 e. The number of aromatic nitrogens is 6. The van der Waals surface area contributed by atoms with Crippen molar-refractivity contribution in [3.05, 3.63) is 182 Å². The topological polar surface area (TPSA) is 54.1 Å². The first-order valence-electron chi connectivity index (χ1n) is 15.2. The maximum absolute atomic E-state index is 3.10. The van der Waals surface area contributed by atoms with Gasteiger partial charge in [0.05, 0.1) is 0 Å². The molecule has 0 spiro atoms. The Hall–Kier alpha value is -5.88. The molecular formula is C39H36N6+6. The van der Waals surface area contributed by atoms with Crippen LogP contribution >= 0.6 is 0 Å². The number of rotatable bonds is 9. The fraction of sp³-hybridized carbons (Fsp3) is 0.0769. The third-order valence-electron chi connectivity index (χ3n) is 8.04. The van der Waals surface area contributed by atoms with Gasteiger partial charge in [-0.2, -0.15) is 0 Å². The smallest absolute Gasteiger partial charge is 0.173 e. The van der Waals surface area contributed by atoms with Crippen molar-refractivity contribution in [2.45, 2.75) is 19.6 Å². The zero-order valence-corrected chi connectivity index (χ0v) is 25.1. The molecule has 6 nitrogen and oxygen atoms in total. The highest BCUT2D eigenvalue weighted by Gasteiger charge is 2.14. The van der Waals surface area contributed by atoms with E-state index in [1.165, 1.54) is 50.1 Å². The summed E-state index contributed by atoms with van der Waals surface area (Å²) < 4.78 is 6.75. The molecule has 6 heterocycles. The van der Waals surface area contributed by atoms with Crippen LogP contribution in [0, 0.1) is 0 Å². The van der Waals surface area contributed by atoms with E-state index in [4.69, 9.17) is 0 Å². The van der Waals surface area contributed by atoms with Crippen molar-refractivity contribution in [3.8, 4) is 33.4 Å². The number of hydrogen-bond acceptors (Lipinski definition) is 0. The number of benzene rings is 1. The molecular weight excluding hydrogens is 552 g/mol. The zero-order chi connectivity index (χ0) is 30.3. The molecule has 0 aliphatic heterocycles. The lowest BCUT2D eigenvalue weighted by Crippen LogP contribution is -2.36. The molecule has 0 radical (unpaired) electrons. The molecule has 7 aromatic rings. The van der Waals surface area contributed by atoms with Gasteiger partial charge in [0, 0.05) is 89.5 Å². The van der Waals surface area contributed by atoms with Crippen LogP contribution in [0.25, 0.3) is 33.4 Å². The molecule has 1 aromatic carbocycles. The molecule has 0 bridgehead atoms. The highest BCUT2D eigenvalue weighted by atomic mass is 14.9. The van der Waals surface area contributed by atoms with Gasteiger partial charge >= 0.3 is 0 Å². The molecule has 0 atom stereocenters. The highest BCUT2D eigenvalue weighted by molar-refractivity contribution is 5.62. The first-order valence-corrected chi connectivity index (χ1v) is 15.2. The van der Waals surface area contributed by atoms with Crippen LogP contribution in [0.15, 0.2) is 165 Å². The number of aromatic amines is 3. The number of hydrogen-bond donors (Lipinski definition) is 0. The quantitative estimate of drug-likeness (QED) is 0.228. The summed E-state index contributed by atoms with van der Waals surface area (Å²) in [6.45, 7) is 2.40. The number of nitrogens with zero attached hydrogens (tertiary/aromatic N) is 3. The van der Waals surface area contributed by atoms with Crippen molar-refractivity contribution in [1.29, 1.82) is 0 Å². The fourth-order valence-electron chi connectivity index (χ4n) is 5.75. The van der Waals surface area contributed by atoms with Crippen LogP contribution < -0.4 is 28.7 Å². The summed E-state index contributed by atoms with van der Waals surface area (Å²) in [6.07, 6.45) is 24.8. The van der Waals surface area contributed by atoms with Gasteiger partial charge in [-0.1, -0.05) is 0 Å². The molecule has 6 aromatic heterocycles. The Morgan fingerprint density at radius 3 is 0.778 bits per heavy atom. The second-order valence-electron chi connectivity index (χ2n) is 11.3. The summed E-state index contributed by atoms with van der Waals surface area (Å²) in [5, 5.41) is 0. The summed E-state index contributed by atoms with van der Waals surface area (Å²) in [7, 11) is 0. The lowest BCUT2D eigenvalue weighted by Gasteiger charge is -2.07. The maximum Gasteiger partial charge on any atom is 0.173 e. The molecule has 0 aliphatic carbocycles. The van der Waals surface area contributed by atoms with Gasteiger partial charge in [0.25, 0.3) is 0 Å². The Morgan fingerprint density at radius 1 is 0.311 bits per heavy atom. The number of pyridine rings is 6. The minimum atomic E-state index is 0.799. The maximum atomic E-state index is 3.10. The highest BCUT2D eigenvalue weighted by Crippen LogP contribution is 2.18. The van der Waals surface area contributed by atoms with E-state index in [1.807, 2.05) is 37.2 Å². The van der Waals surface area contributed by atoms with Gasteiger partial charge in [-0.15, -0.1) is 0 Å². The van der Waals surface area contributed by atoms with Gasteiger partial charge in [0.15, 0.2) is 94.0 Å². The molecule has 6 heteroatoms. The Bertz CT molecular complexity index is 1730. The normalized spacial score (nSPS) is 10.9. The van der Waals surface area contributed by atoms with Crippen LogP contribution in [0.3, 0.4) is 0 Å². The molecule has 0 saturated heterocycles. The van der Waals surface area contributed by atoms with Crippen molar-refractivity contribution in [2.75, 3.05) is 0 Å². The van der Waals surface area contributed by atoms with Gasteiger partial charge in [-0.3, -0.25) is 0 Å². The van der Waals surface area contributed by atoms with Crippen LogP contribution in [0.1, 0.15) is 16.7 Å². The fourth-order valence-corrected chi connectivity index (χ4v) is 5.75. The third-order valence-corrected chi connectivity index (χ3v) is 8.04. The van der Waals surface area contributed by atoms with Gasteiger partial charge in [-0.25, -0.2) is 28.7 Å². The van der Waals surface area contributed by atoms with Crippen LogP contribution in [-0.4, -0.2) is 0 Å². The summed E-state index contributed by atoms with van der Waals surface area (Å²) in [5.41, 5.74) is 11.1. The predicted molar refractivity (Wildman–Crippen MR) is 170 cm³/mol. The average Bonchev–Trinajstić information content (AvgIpc) is 3.10. The molecule has 0 amide bonds. The molecule has 7 rings (SSSR count). The van der Waals surface area contributed by atoms with Crippen molar-refractivity contribution >= 4 is 0 Å². The molecule has 45 heavy (non-hydrogen) atoms. The van der Waals surface area contributed by atoms with E-state index in [1.54, 1.807) is 0 Å². The average molecular weight is 589 g/mol. The number of nitrogens with one attached hydrogen (secondary N) is 3. The molecule has 0 aliphatic rings. The Morgan fingerprint density at radius 2 is 0.533 bits per heavy atom. The molecule has 0 fully saturated rings. The minimum absolute atomic E-state index is 0.799. The Kier molecular flexibility index (Phi) is 8.18. The first kappa shape index (κ1) is 27.9. The van der Waals surface area contributed by atoms with Gasteiger partial charge in [-0.05, 0) is 51.6 Å². The van der Waals surface area contributed by atoms with Gasteiger partial charge in [0.1, 0.15) is 0 Å². The van der Waals surface area contributed by atoms with Crippen LogP contribution in [0.5, 0.6) is 0 Å². The van der Waals surface area contributed by atoms with E-state index < -0.39 is 0 Å². The molecule has 0 unspecified atom stereocenters. The monoisotopic (exact) mass is 588 g/mol. The number of H-pyrrole nitrogens is 3. The summed E-state index contributed by atoms with van der Waals surface area (Å²) in [5.74, 6) is 0. The first-order chi connectivity index (χ1) is 22.2. The molecule has 216 valence electrons. The van der Waals surface area contributed by atoms with E-state index in [9.17, 15) is 0 Å². The van der Waals surface area contributed by atoms with Gasteiger partial charge < -0.3 is 0 Å². The summed E-state index contributed by atoms with van der Waals surface area (Å²) in [6, 6.07) is 32.7. The summed E-state index contributed by atoms with van der Waals surface area (Å²) in [4.78, 5) is 9.30. The standard InChI is InChI=1S/C39H33N6/c1-13-40-14-2-34(1)37-7-19-43(20-8-37)28-31-25-32(29-44-21-9-38(10-22-44)35-3-15-41-16-4-35)27-33(26-31)30-45-23-11-39(12-24-45)36-5-17-42-18-6-36/h1-27H,28-30H2/q+3/p+3. The largest absolute Gasteiger partial charge is 0.218 e. The van der Waals surface area contributed by atoms with Gasteiger partial charge in [0.2, 0.25) is 0 Å². The van der Waals surface area contributed by atoms with Crippen molar-refractivity contribution < 1.29 is 28.7 Å².